The van der Waals surface area contributed by atoms with Crippen molar-refractivity contribution in [3.8, 4) is 0 Å². The van der Waals surface area contributed by atoms with Gasteiger partial charge in [-0.15, -0.1) is 11.3 Å². The Morgan fingerprint density at radius 2 is 2.06 bits per heavy atom. The standard InChI is InChI=1S/C16H27NS/c1-4-7-14(15-10-6-11-18-15)17-16-12(2)8-5-9-13(16)3/h6,10-14,16-17H,4-5,7-9H2,1-3H3. The topological polar surface area (TPSA) is 12.0 Å². The monoisotopic (exact) mass is 265 g/mol. The molecular weight excluding hydrogens is 238 g/mol. The first-order valence-corrected chi connectivity index (χ1v) is 8.39. The van der Waals surface area contributed by atoms with Crippen LogP contribution in [0.15, 0.2) is 17.5 Å². The van der Waals surface area contributed by atoms with E-state index in [4.69, 9.17) is 0 Å². The van der Waals surface area contributed by atoms with Crippen LogP contribution >= 0.6 is 11.3 Å². The number of thiophene rings is 1. The second kappa shape index (κ2) is 6.72. The zero-order valence-corrected chi connectivity index (χ0v) is 12.8. The van der Waals surface area contributed by atoms with Gasteiger partial charge in [-0.1, -0.05) is 39.7 Å². The molecule has 0 spiro atoms. The van der Waals surface area contributed by atoms with Gasteiger partial charge in [-0.25, -0.2) is 0 Å². The highest BCUT2D eigenvalue weighted by molar-refractivity contribution is 7.10. The third-order valence-electron chi connectivity index (χ3n) is 4.40. The molecule has 1 aliphatic carbocycles. The molecule has 0 saturated heterocycles. The molecule has 0 aliphatic heterocycles. The minimum Gasteiger partial charge on any atom is -0.306 e. The van der Waals surface area contributed by atoms with Gasteiger partial charge < -0.3 is 5.32 Å². The van der Waals surface area contributed by atoms with Gasteiger partial charge in [-0.3, -0.25) is 0 Å². The van der Waals surface area contributed by atoms with E-state index in [0.29, 0.717) is 12.1 Å². The van der Waals surface area contributed by atoms with Crippen LogP contribution in [-0.4, -0.2) is 6.04 Å². The Balaban J connectivity index is 2.03. The van der Waals surface area contributed by atoms with E-state index in [9.17, 15) is 0 Å². The molecule has 1 aromatic heterocycles. The van der Waals surface area contributed by atoms with Gasteiger partial charge in [0.2, 0.25) is 0 Å². The summed E-state index contributed by atoms with van der Waals surface area (Å²) < 4.78 is 0. The van der Waals surface area contributed by atoms with Crippen molar-refractivity contribution >= 4 is 11.3 Å². The second-order valence-corrected chi connectivity index (χ2v) is 6.91. The maximum atomic E-state index is 3.97. The summed E-state index contributed by atoms with van der Waals surface area (Å²) >= 11 is 1.90. The zero-order valence-electron chi connectivity index (χ0n) is 12.0. The van der Waals surface area contributed by atoms with Crippen LogP contribution in [-0.2, 0) is 0 Å². The summed E-state index contributed by atoms with van der Waals surface area (Å²) in [5, 5.41) is 6.17. The summed E-state index contributed by atoms with van der Waals surface area (Å²) in [4.78, 5) is 1.52. The van der Waals surface area contributed by atoms with E-state index in [1.54, 1.807) is 0 Å². The molecule has 0 radical (unpaired) electrons. The van der Waals surface area contributed by atoms with Gasteiger partial charge in [0.05, 0.1) is 0 Å². The fourth-order valence-corrected chi connectivity index (χ4v) is 4.15. The zero-order chi connectivity index (χ0) is 13.0. The fraction of sp³-hybridized carbons (Fsp3) is 0.750. The molecule has 0 amide bonds. The average molecular weight is 265 g/mol. The van der Waals surface area contributed by atoms with E-state index in [0.717, 1.165) is 11.8 Å². The summed E-state index contributed by atoms with van der Waals surface area (Å²) in [7, 11) is 0. The van der Waals surface area contributed by atoms with Crippen LogP contribution in [0.4, 0.5) is 0 Å². The molecule has 2 rings (SSSR count). The van der Waals surface area contributed by atoms with Crippen molar-refractivity contribution in [2.24, 2.45) is 11.8 Å². The summed E-state index contributed by atoms with van der Waals surface area (Å²) in [6.45, 7) is 7.13. The third-order valence-corrected chi connectivity index (χ3v) is 5.39. The highest BCUT2D eigenvalue weighted by atomic mass is 32.1. The molecule has 1 nitrogen and oxygen atoms in total. The minimum atomic E-state index is 0.572. The number of hydrogen-bond donors (Lipinski definition) is 1. The number of rotatable bonds is 5. The summed E-state index contributed by atoms with van der Waals surface area (Å²) in [6.07, 6.45) is 6.72. The van der Waals surface area contributed by atoms with E-state index in [1.807, 2.05) is 11.3 Å². The second-order valence-electron chi connectivity index (χ2n) is 5.93. The largest absolute Gasteiger partial charge is 0.306 e. The van der Waals surface area contributed by atoms with E-state index < -0.39 is 0 Å². The van der Waals surface area contributed by atoms with Crippen LogP contribution in [0.2, 0.25) is 0 Å². The first kappa shape index (κ1) is 14.1. The molecule has 0 bridgehead atoms. The highest BCUT2D eigenvalue weighted by Crippen LogP contribution is 2.32. The molecule has 102 valence electrons. The Kier molecular flexibility index (Phi) is 5.25. The van der Waals surface area contributed by atoms with E-state index in [-0.39, 0.29) is 0 Å². The lowest BCUT2D eigenvalue weighted by Crippen LogP contribution is -2.44. The molecule has 2 heteroatoms. The van der Waals surface area contributed by atoms with Gasteiger partial charge >= 0.3 is 0 Å². The van der Waals surface area contributed by atoms with Crippen LogP contribution in [0.25, 0.3) is 0 Å². The first-order chi connectivity index (χ1) is 8.72. The van der Waals surface area contributed by atoms with Crippen molar-refractivity contribution in [2.45, 2.75) is 65.0 Å². The van der Waals surface area contributed by atoms with Gasteiger partial charge in [0.15, 0.2) is 0 Å². The van der Waals surface area contributed by atoms with Crippen molar-refractivity contribution in [1.82, 2.24) is 5.32 Å². The maximum Gasteiger partial charge on any atom is 0.0416 e. The number of hydrogen-bond acceptors (Lipinski definition) is 2. The molecular formula is C16H27NS. The van der Waals surface area contributed by atoms with E-state index in [1.165, 1.54) is 37.0 Å². The fourth-order valence-electron chi connectivity index (χ4n) is 3.33. The Bertz CT molecular complexity index is 323. The van der Waals surface area contributed by atoms with Gasteiger partial charge in [0.25, 0.3) is 0 Å². The average Bonchev–Trinajstić information content (AvgIpc) is 2.86. The van der Waals surface area contributed by atoms with Crippen LogP contribution in [0.3, 0.4) is 0 Å². The maximum absolute atomic E-state index is 3.97. The summed E-state index contributed by atoms with van der Waals surface area (Å²) in [5.74, 6) is 1.65. The highest BCUT2D eigenvalue weighted by Gasteiger charge is 2.29. The van der Waals surface area contributed by atoms with Crippen molar-refractivity contribution in [3.63, 3.8) is 0 Å². The van der Waals surface area contributed by atoms with E-state index in [2.05, 4.69) is 43.6 Å². The third kappa shape index (κ3) is 3.36. The van der Waals surface area contributed by atoms with Crippen molar-refractivity contribution in [3.05, 3.63) is 22.4 Å². The van der Waals surface area contributed by atoms with Crippen LogP contribution in [0.5, 0.6) is 0 Å². The Morgan fingerprint density at radius 1 is 1.33 bits per heavy atom. The predicted octanol–water partition coefficient (Wildman–Crippen LogP) is 5.00. The molecule has 1 saturated carbocycles. The molecule has 1 heterocycles. The lowest BCUT2D eigenvalue weighted by molar-refractivity contribution is 0.190. The lowest BCUT2D eigenvalue weighted by atomic mass is 9.78. The van der Waals surface area contributed by atoms with E-state index >= 15 is 0 Å². The Hall–Kier alpha value is -0.340. The van der Waals surface area contributed by atoms with Crippen molar-refractivity contribution in [1.29, 1.82) is 0 Å². The van der Waals surface area contributed by atoms with Crippen LogP contribution < -0.4 is 5.32 Å². The first-order valence-electron chi connectivity index (χ1n) is 7.51. The molecule has 1 N–H and O–H groups in total. The van der Waals surface area contributed by atoms with Crippen molar-refractivity contribution < 1.29 is 0 Å². The number of nitrogens with one attached hydrogen (secondary N) is 1. The molecule has 1 aromatic rings. The minimum absolute atomic E-state index is 0.572. The quantitative estimate of drug-likeness (QED) is 0.789. The molecule has 0 aromatic carbocycles. The van der Waals surface area contributed by atoms with Gasteiger partial charge in [-0.2, -0.15) is 0 Å². The molecule has 1 aliphatic rings. The summed E-state index contributed by atoms with van der Waals surface area (Å²) in [6, 6.07) is 5.74. The molecule has 18 heavy (non-hydrogen) atoms. The molecule has 3 atom stereocenters. The summed E-state index contributed by atoms with van der Waals surface area (Å²) in [5.41, 5.74) is 0. The predicted molar refractivity (Wildman–Crippen MR) is 81.1 cm³/mol. The SMILES string of the molecule is CCCC(NC1C(C)CCCC1C)c1cccs1. The van der Waals surface area contributed by atoms with Crippen LogP contribution in [0, 0.1) is 11.8 Å². The van der Waals surface area contributed by atoms with Gasteiger partial charge in [0, 0.05) is 17.0 Å². The molecule has 3 unspecified atom stereocenters. The Labute approximate surface area is 116 Å². The van der Waals surface area contributed by atoms with Gasteiger partial charge in [0.1, 0.15) is 0 Å². The lowest BCUT2D eigenvalue weighted by Gasteiger charge is -2.38. The van der Waals surface area contributed by atoms with Crippen LogP contribution in [0.1, 0.15) is 63.8 Å². The Morgan fingerprint density at radius 3 is 2.61 bits per heavy atom. The molecule has 1 fully saturated rings. The normalized spacial score (nSPS) is 30.3. The van der Waals surface area contributed by atoms with Gasteiger partial charge in [-0.05, 0) is 42.5 Å². The smallest absolute Gasteiger partial charge is 0.0416 e. The van der Waals surface area contributed by atoms with Crippen molar-refractivity contribution in [2.75, 3.05) is 0 Å².